The third-order valence-corrected chi connectivity index (χ3v) is 6.75. The number of allylic oxidation sites excluding steroid dienone is 3. The van der Waals surface area contributed by atoms with Crippen LogP contribution in [-0.2, 0) is 6.54 Å². The number of pyridine rings is 1. The minimum Gasteiger partial charge on any atom is -0.497 e. The van der Waals surface area contributed by atoms with E-state index in [1.807, 2.05) is 32.2 Å². The largest absolute Gasteiger partial charge is 0.497 e. The molecule has 1 aromatic carbocycles. The molecule has 3 aliphatic heterocycles. The number of amidine groups is 1. The molecule has 5 rings (SSSR count). The van der Waals surface area contributed by atoms with Crippen molar-refractivity contribution < 1.29 is 4.74 Å². The predicted octanol–water partition coefficient (Wildman–Crippen LogP) is 4.21. The number of aromatic nitrogens is 1. The van der Waals surface area contributed by atoms with Crippen molar-refractivity contribution in [3.05, 3.63) is 89.5 Å². The fourth-order valence-electron chi connectivity index (χ4n) is 4.95. The maximum Gasteiger partial charge on any atom is 0.128 e. The summed E-state index contributed by atoms with van der Waals surface area (Å²) in [6, 6.07) is 13.7. The number of hydrogen-bond donors (Lipinski definition) is 3. The molecule has 4 heterocycles. The van der Waals surface area contributed by atoms with Gasteiger partial charge in [0.2, 0.25) is 0 Å². The summed E-state index contributed by atoms with van der Waals surface area (Å²) in [6.45, 7) is 12.5. The number of methoxy groups -OCH3 is 1. The molecule has 8 nitrogen and oxygen atoms in total. The van der Waals surface area contributed by atoms with E-state index in [1.54, 1.807) is 26.2 Å². The number of nitrogens with zero attached hydrogens (tertiary/aromatic N) is 4. The Bertz CT molecular complexity index is 1210. The standard InChI is InChI=1S/C29H37N7O/c1-19(30)12-28(31)34-21(3)13-20(2)33-22(4)24-8-11-29(32-15-24)35-17-25-14-26(18-35)36(25)16-23-6-9-27(37-5)10-7-23/h6-13,15,25-26H,3,14,16-18,30H2,1-2,4-5H3,(H2,31,34)/b19-12-,20-13-,33-22+. The van der Waals surface area contributed by atoms with Crippen molar-refractivity contribution in [2.24, 2.45) is 10.7 Å². The number of benzene rings is 1. The van der Waals surface area contributed by atoms with Gasteiger partial charge in [-0.05, 0) is 69.2 Å². The Kier molecular flexibility index (Phi) is 8.08. The zero-order chi connectivity index (χ0) is 26.5. The number of ether oxygens (including phenoxy) is 1. The molecule has 1 aromatic heterocycles. The normalized spacial score (nSPS) is 20.3. The van der Waals surface area contributed by atoms with Gasteiger partial charge in [-0.1, -0.05) is 18.7 Å². The monoisotopic (exact) mass is 499 g/mol. The van der Waals surface area contributed by atoms with Crippen molar-refractivity contribution in [2.45, 2.75) is 45.8 Å². The molecular weight excluding hydrogens is 462 g/mol. The molecule has 0 spiro atoms. The molecule has 2 aromatic rings. The average molecular weight is 500 g/mol. The smallest absolute Gasteiger partial charge is 0.128 e. The molecule has 0 saturated carbocycles. The van der Waals surface area contributed by atoms with Crippen LogP contribution in [0.1, 0.15) is 38.3 Å². The van der Waals surface area contributed by atoms with Crippen molar-refractivity contribution in [1.29, 1.82) is 5.41 Å². The maximum atomic E-state index is 7.85. The van der Waals surface area contributed by atoms with Crippen LogP contribution in [0.5, 0.6) is 5.75 Å². The van der Waals surface area contributed by atoms with Crippen molar-refractivity contribution in [3.63, 3.8) is 0 Å². The van der Waals surface area contributed by atoms with E-state index < -0.39 is 0 Å². The van der Waals surface area contributed by atoms with Crippen LogP contribution in [0.25, 0.3) is 0 Å². The lowest BCUT2D eigenvalue weighted by Gasteiger charge is -2.56. The Morgan fingerprint density at radius 1 is 1.16 bits per heavy atom. The second-order valence-corrected chi connectivity index (χ2v) is 9.81. The van der Waals surface area contributed by atoms with Crippen LogP contribution in [-0.4, -0.2) is 53.7 Å². The molecule has 3 saturated heterocycles. The maximum absolute atomic E-state index is 7.85. The molecule has 2 unspecified atom stereocenters. The third kappa shape index (κ3) is 6.65. The van der Waals surface area contributed by atoms with Gasteiger partial charge in [0, 0.05) is 66.3 Å². The van der Waals surface area contributed by atoms with Gasteiger partial charge < -0.3 is 20.7 Å². The first kappa shape index (κ1) is 26.2. The average Bonchev–Trinajstić information content (AvgIpc) is 2.87. The number of piperazine rings is 1. The lowest BCUT2D eigenvalue weighted by Crippen LogP contribution is -2.68. The minimum atomic E-state index is 0.189. The van der Waals surface area contributed by atoms with Crippen LogP contribution in [0, 0.1) is 5.41 Å². The summed E-state index contributed by atoms with van der Waals surface area (Å²) in [6.07, 6.45) is 6.50. The third-order valence-electron chi connectivity index (χ3n) is 6.75. The number of rotatable bonds is 9. The molecule has 2 bridgehead atoms. The molecular formula is C29H37N7O. The molecule has 2 atom stereocenters. The van der Waals surface area contributed by atoms with Gasteiger partial charge in [-0.2, -0.15) is 0 Å². The summed E-state index contributed by atoms with van der Waals surface area (Å²) in [5, 5.41) is 10.7. The lowest BCUT2D eigenvalue weighted by molar-refractivity contribution is -0.00868. The zero-order valence-corrected chi connectivity index (χ0v) is 22.2. The predicted molar refractivity (Wildman–Crippen MR) is 151 cm³/mol. The summed E-state index contributed by atoms with van der Waals surface area (Å²) in [5.41, 5.74) is 10.7. The van der Waals surface area contributed by atoms with E-state index in [2.05, 4.69) is 51.0 Å². The van der Waals surface area contributed by atoms with Gasteiger partial charge in [-0.3, -0.25) is 15.3 Å². The highest BCUT2D eigenvalue weighted by molar-refractivity contribution is 5.99. The topological polar surface area (TPSA) is 103 Å². The number of aliphatic imine (C=N–C) groups is 1. The van der Waals surface area contributed by atoms with E-state index in [1.165, 1.54) is 12.0 Å². The van der Waals surface area contributed by atoms with E-state index in [0.717, 1.165) is 48.2 Å². The lowest BCUT2D eigenvalue weighted by atomic mass is 9.86. The Hall–Kier alpha value is -3.91. The number of anilines is 1. The Balaban J connectivity index is 1.32. The molecule has 0 radical (unpaired) electrons. The van der Waals surface area contributed by atoms with E-state index in [-0.39, 0.29) is 5.84 Å². The quantitative estimate of drug-likeness (QED) is 0.271. The summed E-state index contributed by atoms with van der Waals surface area (Å²) < 4.78 is 5.28. The number of nitrogens with two attached hydrogens (primary N) is 1. The number of piperidine rings is 1. The molecule has 0 amide bonds. The van der Waals surface area contributed by atoms with E-state index >= 15 is 0 Å². The molecule has 3 fully saturated rings. The van der Waals surface area contributed by atoms with E-state index in [9.17, 15) is 0 Å². The zero-order valence-electron chi connectivity index (χ0n) is 22.2. The highest BCUT2D eigenvalue weighted by Crippen LogP contribution is 2.35. The molecule has 194 valence electrons. The van der Waals surface area contributed by atoms with Crippen LogP contribution in [0.15, 0.2) is 83.4 Å². The van der Waals surface area contributed by atoms with Gasteiger partial charge in [-0.25, -0.2) is 4.98 Å². The SMILES string of the molecule is C=C(/C=C(C)\N=C(/C)c1ccc(N2CC3CC(C2)N3Cc2ccc(OC)cc2)nc1)NC(=N)/C=C(/C)N. The number of nitrogens with one attached hydrogen (secondary N) is 2. The Morgan fingerprint density at radius 2 is 1.86 bits per heavy atom. The number of hydrogen-bond acceptors (Lipinski definition) is 7. The van der Waals surface area contributed by atoms with Gasteiger partial charge >= 0.3 is 0 Å². The van der Waals surface area contributed by atoms with E-state index in [4.69, 9.17) is 20.9 Å². The van der Waals surface area contributed by atoms with Crippen LogP contribution in [0.4, 0.5) is 5.82 Å². The first-order chi connectivity index (χ1) is 17.7. The second kappa shape index (κ2) is 11.4. The van der Waals surface area contributed by atoms with Crippen LogP contribution in [0.3, 0.4) is 0 Å². The molecule has 3 aliphatic rings. The van der Waals surface area contributed by atoms with Crippen LogP contribution >= 0.6 is 0 Å². The summed E-state index contributed by atoms with van der Waals surface area (Å²) in [4.78, 5) is 14.4. The highest BCUT2D eigenvalue weighted by Gasteiger charge is 2.44. The van der Waals surface area contributed by atoms with Gasteiger partial charge in [0.25, 0.3) is 0 Å². The first-order valence-corrected chi connectivity index (χ1v) is 12.5. The molecule has 37 heavy (non-hydrogen) atoms. The van der Waals surface area contributed by atoms with Gasteiger partial charge in [0.15, 0.2) is 0 Å². The van der Waals surface area contributed by atoms with Crippen LogP contribution in [0.2, 0.25) is 0 Å². The summed E-state index contributed by atoms with van der Waals surface area (Å²) in [7, 11) is 1.70. The van der Waals surface area contributed by atoms with Gasteiger partial charge in [-0.15, -0.1) is 0 Å². The molecule has 4 N–H and O–H groups in total. The molecule has 0 aliphatic carbocycles. The fourth-order valence-corrected chi connectivity index (χ4v) is 4.95. The molecule has 8 heteroatoms. The first-order valence-electron chi connectivity index (χ1n) is 12.5. The Morgan fingerprint density at radius 3 is 2.46 bits per heavy atom. The van der Waals surface area contributed by atoms with Crippen molar-refractivity contribution in [3.8, 4) is 5.75 Å². The van der Waals surface area contributed by atoms with E-state index in [0.29, 0.717) is 23.5 Å². The van der Waals surface area contributed by atoms with Gasteiger partial charge in [0.1, 0.15) is 17.4 Å². The van der Waals surface area contributed by atoms with Crippen molar-refractivity contribution in [2.75, 3.05) is 25.1 Å². The highest BCUT2D eigenvalue weighted by atomic mass is 16.5. The van der Waals surface area contributed by atoms with Crippen molar-refractivity contribution in [1.82, 2.24) is 15.2 Å². The summed E-state index contributed by atoms with van der Waals surface area (Å²) >= 11 is 0. The fraction of sp³-hybridized carbons (Fsp3) is 0.345. The second-order valence-electron chi connectivity index (χ2n) is 9.81. The minimum absolute atomic E-state index is 0.189. The number of fused-ring (bicyclic) bond motifs is 2. The Labute approximate surface area is 219 Å². The van der Waals surface area contributed by atoms with Crippen LogP contribution < -0.4 is 20.7 Å². The van der Waals surface area contributed by atoms with Gasteiger partial charge in [0.05, 0.1) is 7.11 Å². The van der Waals surface area contributed by atoms with Crippen molar-refractivity contribution >= 4 is 17.4 Å². The summed E-state index contributed by atoms with van der Waals surface area (Å²) in [5.74, 6) is 2.10.